The van der Waals surface area contributed by atoms with Crippen LogP contribution in [0.1, 0.15) is 39.0 Å². The standard InChI is InChI=1S/C9H19NO2S/c1-3-8-4-6-9(7-5-8)10-13(2,11)12/h8-10H,3-7H2,1-2H3. The van der Waals surface area contributed by atoms with E-state index in [0.29, 0.717) is 0 Å². The Balaban J connectivity index is 2.33. The number of rotatable bonds is 3. The third-order valence-corrected chi connectivity index (χ3v) is 3.57. The van der Waals surface area contributed by atoms with Crippen LogP contribution in [0.4, 0.5) is 0 Å². The van der Waals surface area contributed by atoms with Gasteiger partial charge in [0.1, 0.15) is 0 Å². The van der Waals surface area contributed by atoms with Gasteiger partial charge in [0.15, 0.2) is 0 Å². The Hall–Kier alpha value is -0.0900. The Morgan fingerprint density at radius 1 is 1.23 bits per heavy atom. The summed E-state index contributed by atoms with van der Waals surface area (Å²) in [4.78, 5) is 0. The van der Waals surface area contributed by atoms with Crippen LogP contribution in [0.2, 0.25) is 0 Å². The lowest BCUT2D eigenvalue weighted by Gasteiger charge is -2.27. The monoisotopic (exact) mass is 205 g/mol. The summed E-state index contributed by atoms with van der Waals surface area (Å²) < 4.78 is 24.6. The molecule has 4 heteroatoms. The predicted molar refractivity (Wildman–Crippen MR) is 54.0 cm³/mol. The van der Waals surface area contributed by atoms with Gasteiger partial charge in [-0.3, -0.25) is 0 Å². The number of sulfonamides is 1. The Morgan fingerprint density at radius 2 is 1.77 bits per heavy atom. The molecule has 0 saturated heterocycles. The van der Waals surface area contributed by atoms with Crippen LogP contribution in [-0.4, -0.2) is 20.7 Å². The van der Waals surface area contributed by atoms with E-state index in [9.17, 15) is 8.42 Å². The summed E-state index contributed by atoms with van der Waals surface area (Å²) in [7, 11) is -3.00. The number of hydrogen-bond donors (Lipinski definition) is 1. The van der Waals surface area contributed by atoms with E-state index in [1.54, 1.807) is 0 Å². The minimum Gasteiger partial charge on any atom is -0.213 e. The van der Waals surface area contributed by atoms with E-state index in [1.807, 2.05) is 0 Å². The smallest absolute Gasteiger partial charge is 0.208 e. The highest BCUT2D eigenvalue weighted by molar-refractivity contribution is 7.88. The Morgan fingerprint density at radius 3 is 2.15 bits per heavy atom. The van der Waals surface area contributed by atoms with Gasteiger partial charge in [-0.15, -0.1) is 0 Å². The first-order valence-corrected chi connectivity index (χ1v) is 6.87. The van der Waals surface area contributed by atoms with Crippen LogP contribution in [0.25, 0.3) is 0 Å². The molecule has 0 aromatic rings. The minimum atomic E-state index is -3.00. The van der Waals surface area contributed by atoms with Gasteiger partial charge in [0.25, 0.3) is 0 Å². The van der Waals surface area contributed by atoms with Crippen LogP contribution in [0, 0.1) is 5.92 Å². The maximum atomic E-state index is 10.9. The van der Waals surface area contributed by atoms with E-state index in [1.165, 1.54) is 25.5 Å². The van der Waals surface area contributed by atoms with Crippen LogP contribution >= 0.6 is 0 Å². The number of hydrogen-bond acceptors (Lipinski definition) is 2. The molecule has 0 amide bonds. The van der Waals surface area contributed by atoms with E-state index in [0.717, 1.165) is 18.8 Å². The zero-order chi connectivity index (χ0) is 9.90. The SMILES string of the molecule is CCC1CCC(NS(C)(=O)=O)CC1. The summed E-state index contributed by atoms with van der Waals surface area (Å²) in [5.41, 5.74) is 0. The van der Waals surface area contributed by atoms with Crippen molar-refractivity contribution < 1.29 is 8.42 Å². The van der Waals surface area contributed by atoms with Crippen molar-refractivity contribution in [3.05, 3.63) is 0 Å². The molecule has 0 aromatic carbocycles. The van der Waals surface area contributed by atoms with Gasteiger partial charge in [-0.1, -0.05) is 13.3 Å². The lowest BCUT2D eigenvalue weighted by Crippen LogP contribution is -2.36. The molecule has 78 valence electrons. The van der Waals surface area contributed by atoms with Crippen molar-refractivity contribution >= 4 is 10.0 Å². The summed E-state index contributed by atoms with van der Waals surface area (Å²) in [6.07, 6.45) is 6.81. The zero-order valence-electron chi connectivity index (χ0n) is 8.41. The van der Waals surface area contributed by atoms with Gasteiger partial charge in [-0.25, -0.2) is 13.1 Å². The molecule has 0 bridgehead atoms. The Kier molecular flexibility index (Phi) is 3.74. The van der Waals surface area contributed by atoms with Crippen molar-refractivity contribution in [2.75, 3.05) is 6.26 Å². The molecule has 13 heavy (non-hydrogen) atoms. The molecular weight excluding hydrogens is 186 g/mol. The predicted octanol–water partition coefficient (Wildman–Crippen LogP) is 1.50. The number of nitrogens with one attached hydrogen (secondary N) is 1. The van der Waals surface area contributed by atoms with Gasteiger partial charge in [0, 0.05) is 6.04 Å². The van der Waals surface area contributed by atoms with Crippen molar-refractivity contribution in [1.82, 2.24) is 4.72 Å². The molecular formula is C9H19NO2S. The summed E-state index contributed by atoms with van der Waals surface area (Å²) in [5.74, 6) is 0.817. The van der Waals surface area contributed by atoms with Crippen LogP contribution in [0.15, 0.2) is 0 Å². The van der Waals surface area contributed by atoms with Crippen molar-refractivity contribution in [2.24, 2.45) is 5.92 Å². The van der Waals surface area contributed by atoms with Crippen LogP contribution in [0.3, 0.4) is 0 Å². The van der Waals surface area contributed by atoms with E-state index < -0.39 is 10.0 Å². The summed E-state index contributed by atoms with van der Waals surface area (Å²) in [6, 6.07) is 0.192. The van der Waals surface area contributed by atoms with E-state index in [2.05, 4.69) is 11.6 Å². The molecule has 0 radical (unpaired) electrons. The highest BCUT2D eigenvalue weighted by Crippen LogP contribution is 2.26. The first kappa shape index (κ1) is 11.0. The average molecular weight is 205 g/mol. The fourth-order valence-electron chi connectivity index (χ4n) is 1.99. The lowest BCUT2D eigenvalue weighted by atomic mass is 9.85. The Bertz CT molecular complexity index is 240. The second-order valence-electron chi connectivity index (χ2n) is 4.02. The molecule has 0 heterocycles. The van der Waals surface area contributed by atoms with Crippen molar-refractivity contribution in [2.45, 2.75) is 45.1 Å². The van der Waals surface area contributed by atoms with Gasteiger partial charge in [0.05, 0.1) is 6.26 Å². The first-order valence-electron chi connectivity index (χ1n) is 4.98. The van der Waals surface area contributed by atoms with E-state index in [4.69, 9.17) is 0 Å². The molecule has 3 nitrogen and oxygen atoms in total. The van der Waals surface area contributed by atoms with Crippen LogP contribution in [-0.2, 0) is 10.0 Å². The van der Waals surface area contributed by atoms with E-state index >= 15 is 0 Å². The lowest BCUT2D eigenvalue weighted by molar-refractivity contribution is 0.306. The van der Waals surface area contributed by atoms with Crippen LogP contribution in [0.5, 0.6) is 0 Å². The highest BCUT2D eigenvalue weighted by Gasteiger charge is 2.21. The topological polar surface area (TPSA) is 46.2 Å². The molecule has 1 N–H and O–H groups in total. The Labute approximate surface area is 81.0 Å². The fraction of sp³-hybridized carbons (Fsp3) is 1.00. The first-order chi connectivity index (χ1) is 6.01. The average Bonchev–Trinajstić information content (AvgIpc) is 2.03. The minimum absolute atomic E-state index is 0.192. The molecule has 0 spiro atoms. The second-order valence-corrected chi connectivity index (χ2v) is 5.80. The largest absolute Gasteiger partial charge is 0.213 e. The normalized spacial score (nSPS) is 30.3. The van der Waals surface area contributed by atoms with Crippen molar-refractivity contribution in [1.29, 1.82) is 0 Å². The third-order valence-electron chi connectivity index (χ3n) is 2.80. The molecule has 1 fully saturated rings. The second kappa shape index (κ2) is 4.42. The summed E-state index contributed by atoms with van der Waals surface area (Å²) in [6.45, 7) is 2.20. The fourth-order valence-corrected chi connectivity index (χ4v) is 2.83. The van der Waals surface area contributed by atoms with Gasteiger partial charge in [-0.05, 0) is 31.6 Å². The molecule has 1 rings (SSSR count). The summed E-state index contributed by atoms with van der Waals surface area (Å²) >= 11 is 0. The van der Waals surface area contributed by atoms with Crippen molar-refractivity contribution in [3.8, 4) is 0 Å². The maximum absolute atomic E-state index is 10.9. The van der Waals surface area contributed by atoms with Crippen molar-refractivity contribution in [3.63, 3.8) is 0 Å². The van der Waals surface area contributed by atoms with Gasteiger partial charge in [0.2, 0.25) is 10.0 Å². The molecule has 1 saturated carbocycles. The van der Waals surface area contributed by atoms with Crippen LogP contribution < -0.4 is 4.72 Å². The summed E-state index contributed by atoms with van der Waals surface area (Å²) in [5, 5.41) is 0. The molecule has 0 atom stereocenters. The molecule has 1 aliphatic carbocycles. The quantitative estimate of drug-likeness (QED) is 0.759. The molecule has 1 aliphatic rings. The molecule has 0 unspecified atom stereocenters. The molecule has 0 aromatic heterocycles. The van der Waals surface area contributed by atoms with E-state index in [-0.39, 0.29) is 6.04 Å². The molecule has 0 aliphatic heterocycles. The third kappa shape index (κ3) is 4.09. The van der Waals surface area contributed by atoms with Gasteiger partial charge >= 0.3 is 0 Å². The van der Waals surface area contributed by atoms with Gasteiger partial charge in [-0.2, -0.15) is 0 Å². The maximum Gasteiger partial charge on any atom is 0.208 e. The highest BCUT2D eigenvalue weighted by atomic mass is 32.2. The zero-order valence-corrected chi connectivity index (χ0v) is 9.23. The van der Waals surface area contributed by atoms with Gasteiger partial charge < -0.3 is 0 Å².